The van der Waals surface area contributed by atoms with E-state index in [0.29, 0.717) is 17.7 Å². The molecule has 0 aliphatic rings. The number of hydrogen-bond donors (Lipinski definition) is 0. The quantitative estimate of drug-likeness (QED) is 0.778. The highest BCUT2D eigenvalue weighted by Gasteiger charge is 2.17. The Morgan fingerprint density at radius 3 is 2.50 bits per heavy atom. The van der Waals surface area contributed by atoms with Crippen molar-refractivity contribution in [2.75, 3.05) is 0 Å². The summed E-state index contributed by atoms with van der Waals surface area (Å²) in [5.41, 5.74) is 0.00242. The van der Waals surface area contributed by atoms with Crippen LogP contribution in [0, 0.1) is 0 Å². The lowest BCUT2D eigenvalue weighted by atomic mass is 10.3. The zero-order valence-electron chi connectivity index (χ0n) is 10.6. The van der Waals surface area contributed by atoms with Crippen LogP contribution in [0.15, 0.2) is 9.59 Å². The molecule has 2 aromatic heterocycles. The van der Waals surface area contributed by atoms with Crippen molar-refractivity contribution in [1.82, 2.24) is 18.7 Å². The average molecular weight is 271 g/mol. The zero-order chi connectivity index (χ0) is 13.4. The molecule has 0 fully saturated rings. The molecule has 0 radical (unpaired) electrons. The fourth-order valence-electron chi connectivity index (χ4n) is 1.92. The number of rotatable bonds is 3. The number of aromatic nitrogens is 4. The second-order valence-corrected chi connectivity index (χ2v) is 4.60. The van der Waals surface area contributed by atoms with Crippen LogP contribution in [0.5, 0.6) is 0 Å². The predicted molar refractivity (Wildman–Crippen MR) is 70.1 cm³/mol. The number of unbranched alkanes of at least 4 members (excludes halogenated alkanes) is 1. The van der Waals surface area contributed by atoms with Crippen LogP contribution in [0.4, 0.5) is 0 Å². The predicted octanol–water partition coefficient (Wildman–Crippen LogP) is 0.887. The Morgan fingerprint density at radius 2 is 1.89 bits per heavy atom. The summed E-state index contributed by atoms with van der Waals surface area (Å²) in [4.78, 5) is 28.2. The molecule has 18 heavy (non-hydrogen) atoms. The third-order valence-corrected chi connectivity index (χ3v) is 3.38. The Bertz CT molecular complexity index is 710. The third-order valence-electron chi connectivity index (χ3n) is 3.04. The normalized spacial score (nSPS) is 11.3. The van der Waals surface area contributed by atoms with Crippen molar-refractivity contribution in [3.63, 3.8) is 0 Å². The van der Waals surface area contributed by atoms with Crippen molar-refractivity contribution in [3.05, 3.63) is 26.1 Å². The minimum Gasteiger partial charge on any atom is -0.312 e. The molecule has 7 heteroatoms. The third kappa shape index (κ3) is 1.77. The van der Waals surface area contributed by atoms with Gasteiger partial charge in [-0.25, -0.2) is 4.79 Å². The smallest absolute Gasteiger partial charge is 0.312 e. The van der Waals surface area contributed by atoms with Gasteiger partial charge >= 0.3 is 5.69 Å². The van der Waals surface area contributed by atoms with E-state index in [4.69, 9.17) is 11.6 Å². The van der Waals surface area contributed by atoms with E-state index in [2.05, 4.69) is 4.98 Å². The van der Waals surface area contributed by atoms with E-state index in [1.54, 1.807) is 7.05 Å². The summed E-state index contributed by atoms with van der Waals surface area (Å²) in [5, 5.41) is 0.206. The van der Waals surface area contributed by atoms with Gasteiger partial charge < -0.3 is 4.57 Å². The Labute approximate surface area is 108 Å². The highest BCUT2D eigenvalue weighted by Crippen LogP contribution is 2.13. The van der Waals surface area contributed by atoms with Crippen molar-refractivity contribution in [3.8, 4) is 0 Å². The highest BCUT2D eigenvalue weighted by atomic mass is 35.5. The van der Waals surface area contributed by atoms with Gasteiger partial charge in [0.1, 0.15) is 0 Å². The SMILES string of the molecule is CCCCn1c(=O)n(C)c(=O)c2c1nc(Cl)n2C. The van der Waals surface area contributed by atoms with E-state index in [9.17, 15) is 9.59 Å². The van der Waals surface area contributed by atoms with Crippen molar-refractivity contribution >= 4 is 22.8 Å². The van der Waals surface area contributed by atoms with Crippen molar-refractivity contribution < 1.29 is 0 Å². The second-order valence-electron chi connectivity index (χ2n) is 4.26. The van der Waals surface area contributed by atoms with Crippen LogP contribution in [0.2, 0.25) is 5.28 Å². The number of aryl methyl sites for hydroxylation is 2. The summed E-state index contributed by atoms with van der Waals surface area (Å²) in [6.45, 7) is 2.57. The minimum absolute atomic E-state index is 0.206. The number of hydrogen-bond acceptors (Lipinski definition) is 3. The van der Waals surface area contributed by atoms with Gasteiger partial charge in [0, 0.05) is 20.6 Å². The monoisotopic (exact) mass is 270 g/mol. The van der Waals surface area contributed by atoms with Crippen molar-refractivity contribution in [1.29, 1.82) is 0 Å². The van der Waals surface area contributed by atoms with Crippen LogP contribution in [-0.2, 0) is 20.6 Å². The van der Waals surface area contributed by atoms with E-state index in [1.165, 1.54) is 16.2 Å². The molecular formula is C11H15ClN4O2. The topological polar surface area (TPSA) is 61.8 Å². The molecule has 0 saturated carbocycles. The molecule has 0 atom stereocenters. The fraction of sp³-hybridized carbons (Fsp3) is 0.545. The maximum absolute atomic E-state index is 12.1. The van der Waals surface area contributed by atoms with Gasteiger partial charge in [0.05, 0.1) is 0 Å². The maximum atomic E-state index is 12.1. The lowest BCUT2D eigenvalue weighted by Crippen LogP contribution is -2.38. The lowest BCUT2D eigenvalue weighted by molar-refractivity contribution is 0.583. The molecule has 0 unspecified atom stereocenters. The van der Waals surface area contributed by atoms with Crippen LogP contribution in [0.1, 0.15) is 19.8 Å². The largest absolute Gasteiger partial charge is 0.332 e. The standard InChI is InChI=1S/C11H15ClN4O2/c1-4-5-6-16-8-7(14(2)10(12)13-8)9(17)15(3)11(16)18/h4-6H2,1-3H3. The molecule has 0 aliphatic heterocycles. The van der Waals surface area contributed by atoms with Crippen LogP contribution in [0.25, 0.3) is 11.2 Å². The first kappa shape index (κ1) is 12.9. The number of halogens is 1. The van der Waals surface area contributed by atoms with E-state index >= 15 is 0 Å². The Hall–Kier alpha value is -1.56. The van der Waals surface area contributed by atoms with Crippen LogP contribution < -0.4 is 11.2 Å². The molecule has 2 heterocycles. The number of fused-ring (bicyclic) bond motifs is 1. The van der Waals surface area contributed by atoms with Crippen LogP contribution >= 0.6 is 11.6 Å². The van der Waals surface area contributed by atoms with Crippen LogP contribution in [-0.4, -0.2) is 18.7 Å². The van der Waals surface area contributed by atoms with Gasteiger partial charge in [0.2, 0.25) is 5.28 Å². The molecule has 0 saturated heterocycles. The number of imidazole rings is 1. The van der Waals surface area contributed by atoms with Gasteiger partial charge in [-0.05, 0) is 18.0 Å². The van der Waals surface area contributed by atoms with Crippen molar-refractivity contribution in [2.24, 2.45) is 14.1 Å². The molecule has 0 aliphatic carbocycles. The Balaban J connectivity index is 2.88. The number of nitrogens with zero attached hydrogens (tertiary/aromatic N) is 4. The highest BCUT2D eigenvalue weighted by molar-refractivity contribution is 6.29. The maximum Gasteiger partial charge on any atom is 0.332 e. The molecule has 0 amide bonds. The van der Waals surface area contributed by atoms with Gasteiger partial charge in [0.25, 0.3) is 5.56 Å². The fourth-order valence-corrected chi connectivity index (χ4v) is 2.08. The van der Waals surface area contributed by atoms with E-state index < -0.39 is 0 Å². The Morgan fingerprint density at radius 1 is 1.22 bits per heavy atom. The molecule has 0 bridgehead atoms. The first-order chi connectivity index (χ1) is 8.49. The van der Waals surface area contributed by atoms with Gasteiger partial charge in [-0.3, -0.25) is 13.9 Å². The van der Waals surface area contributed by atoms with Gasteiger partial charge in [-0.15, -0.1) is 0 Å². The lowest BCUT2D eigenvalue weighted by Gasteiger charge is -2.08. The average Bonchev–Trinajstić information content (AvgIpc) is 2.63. The van der Waals surface area contributed by atoms with Gasteiger partial charge in [-0.2, -0.15) is 4.98 Å². The summed E-state index contributed by atoms with van der Waals surface area (Å²) in [6.07, 6.45) is 1.80. The molecule has 0 N–H and O–H groups in total. The van der Waals surface area contributed by atoms with Gasteiger partial charge in [-0.1, -0.05) is 13.3 Å². The summed E-state index contributed by atoms with van der Waals surface area (Å²) in [5.74, 6) is 0. The molecular weight excluding hydrogens is 256 g/mol. The summed E-state index contributed by atoms with van der Waals surface area (Å²) < 4.78 is 4.10. The molecule has 0 spiro atoms. The zero-order valence-corrected chi connectivity index (χ0v) is 11.4. The van der Waals surface area contributed by atoms with Gasteiger partial charge in [0.15, 0.2) is 11.2 Å². The molecule has 0 aromatic carbocycles. The first-order valence-electron chi connectivity index (χ1n) is 5.80. The molecule has 98 valence electrons. The summed E-state index contributed by atoms with van der Waals surface area (Å²) in [6, 6.07) is 0. The molecule has 6 nitrogen and oxygen atoms in total. The summed E-state index contributed by atoms with van der Waals surface area (Å²) in [7, 11) is 3.13. The molecule has 2 rings (SSSR count). The van der Waals surface area contributed by atoms with E-state index in [1.807, 2.05) is 6.92 Å². The Kier molecular flexibility index (Phi) is 3.30. The van der Waals surface area contributed by atoms with Crippen LogP contribution in [0.3, 0.4) is 0 Å². The first-order valence-corrected chi connectivity index (χ1v) is 6.18. The van der Waals surface area contributed by atoms with E-state index in [0.717, 1.165) is 17.4 Å². The van der Waals surface area contributed by atoms with Crippen molar-refractivity contribution in [2.45, 2.75) is 26.3 Å². The second kappa shape index (κ2) is 4.61. The minimum atomic E-state index is -0.371. The summed E-state index contributed by atoms with van der Waals surface area (Å²) >= 11 is 5.92. The van der Waals surface area contributed by atoms with E-state index in [-0.39, 0.29) is 16.5 Å². The molecule has 2 aromatic rings.